The highest BCUT2D eigenvalue weighted by Crippen LogP contribution is 2.39. The third kappa shape index (κ3) is 3.40. The zero-order valence-electron chi connectivity index (χ0n) is 13.4. The van der Waals surface area contributed by atoms with Gasteiger partial charge < -0.3 is 4.90 Å². The van der Waals surface area contributed by atoms with Crippen molar-refractivity contribution in [2.24, 2.45) is 0 Å². The van der Waals surface area contributed by atoms with Gasteiger partial charge in [-0.1, -0.05) is 13.8 Å². The molecule has 0 spiro atoms. The van der Waals surface area contributed by atoms with E-state index in [2.05, 4.69) is 0 Å². The lowest BCUT2D eigenvalue weighted by atomic mass is 10.0. The Morgan fingerprint density at radius 1 is 1.33 bits per heavy atom. The third-order valence-electron chi connectivity index (χ3n) is 4.64. The van der Waals surface area contributed by atoms with Crippen LogP contribution in [0.1, 0.15) is 32.3 Å². The molecular formula is C15H19F3N2O3S. The minimum absolute atomic E-state index is 0.149. The summed E-state index contributed by atoms with van der Waals surface area (Å²) in [6.45, 7) is 4.47. The van der Waals surface area contributed by atoms with Gasteiger partial charge in [-0.25, -0.2) is 0 Å². The fourth-order valence-electron chi connectivity index (χ4n) is 3.02. The van der Waals surface area contributed by atoms with E-state index in [-0.39, 0.29) is 5.69 Å². The Bertz CT molecular complexity index is 660. The summed E-state index contributed by atoms with van der Waals surface area (Å²) in [4.78, 5) is 12.2. The van der Waals surface area contributed by atoms with Crippen molar-refractivity contribution in [1.82, 2.24) is 0 Å². The zero-order valence-corrected chi connectivity index (χ0v) is 14.2. The molecule has 0 aromatic heterocycles. The summed E-state index contributed by atoms with van der Waals surface area (Å²) >= 11 is 0. The first-order valence-corrected chi connectivity index (χ1v) is 8.95. The molecule has 5 nitrogen and oxygen atoms in total. The predicted octanol–water partition coefficient (Wildman–Crippen LogP) is 3.74. The summed E-state index contributed by atoms with van der Waals surface area (Å²) in [7, 11) is -1.06. The molecule has 134 valence electrons. The summed E-state index contributed by atoms with van der Waals surface area (Å²) in [5.74, 6) is 0.347. The molecule has 1 saturated heterocycles. The molecule has 24 heavy (non-hydrogen) atoms. The lowest BCUT2D eigenvalue weighted by Gasteiger charge is -2.42. The summed E-state index contributed by atoms with van der Waals surface area (Å²) in [5, 5.41) is 11.3. The van der Waals surface area contributed by atoms with E-state index in [1.807, 2.05) is 13.8 Å². The van der Waals surface area contributed by atoms with Gasteiger partial charge in [-0.3, -0.25) is 14.3 Å². The van der Waals surface area contributed by atoms with Crippen molar-refractivity contribution in [3.8, 4) is 0 Å². The molecule has 1 aromatic carbocycles. The minimum atomic E-state index is -4.64. The monoisotopic (exact) mass is 364 g/mol. The molecule has 0 N–H and O–H groups in total. The van der Waals surface area contributed by atoms with Crippen LogP contribution in [0.3, 0.4) is 0 Å². The maximum absolute atomic E-state index is 12.8. The van der Waals surface area contributed by atoms with Gasteiger partial charge in [0.2, 0.25) is 0 Å². The van der Waals surface area contributed by atoms with Crippen molar-refractivity contribution in [3.63, 3.8) is 0 Å². The number of rotatable bonds is 4. The average Bonchev–Trinajstić information content (AvgIpc) is 2.54. The van der Waals surface area contributed by atoms with E-state index in [0.717, 1.165) is 12.1 Å². The number of hydrogen-bond donors (Lipinski definition) is 0. The maximum Gasteiger partial charge on any atom is 0.416 e. The first-order chi connectivity index (χ1) is 11.1. The van der Waals surface area contributed by atoms with Gasteiger partial charge in [-0.05, 0) is 25.0 Å². The van der Waals surface area contributed by atoms with Crippen LogP contribution in [0.4, 0.5) is 24.5 Å². The van der Waals surface area contributed by atoms with Crippen LogP contribution >= 0.6 is 0 Å². The van der Waals surface area contributed by atoms with Crippen molar-refractivity contribution in [2.75, 3.05) is 23.7 Å². The second-order valence-electron chi connectivity index (χ2n) is 5.82. The summed E-state index contributed by atoms with van der Waals surface area (Å²) in [5.41, 5.74) is -1.47. The molecule has 0 amide bonds. The number of nitrogens with zero attached hydrogens (tertiary/aromatic N) is 2. The van der Waals surface area contributed by atoms with Crippen LogP contribution < -0.4 is 4.90 Å². The number of benzene rings is 1. The Balaban J connectivity index is 2.45. The van der Waals surface area contributed by atoms with E-state index in [9.17, 15) is 27.5 Å². The molecule has 0 radical (unpaired) electrons. The molecule has 9 heteroatoms. The molecule has 1 atom stereocenters. The minimum Gasteiger partial charge on any atom is -0.364 e. The molecule has 1 aliphatic heterocycles. The van der Waals surface area contributed by atoms with Gasteiger partial charge in [-0.2, -0.15) is 13.2 Å². The molecule has 1 fully saturated rings. The van der Waals surface area contributed by atoms with Crippen molar-refractivity contribution in [2.45, 2.75) is 37.6 Å². The lowest BCUT2D eigenvalue weighted by Crippen LogP contribution is -2.53. The van der Waals surface area contributed by atoms with E-state index in [1.54, 1.807) is 4.90 Å². The largest absolute Gasteiger partial charge is 0.416 e. The fraction of sp³-hybridized carbons (Fsp3) is 0.600. The first-order valence-electron chi connectivity index (χ1n) is 7.63. The topological polar surface area (TPSA) is 63.4 Å². The number of anilines is 1. The SMILES string of the molecule is CCC1(CC)CN(c2ccc(C(F)(F)F)cc2[N+](=O)[O-])CCS1=O. The second-order valence-corrected chi connectivity index (χ2v) is 7.79. The molecule has 1 aromatic rings. The number of halogens is 3. The van der Waals surface area contributed by atoms with Crippen molar-refractivity contribution in [1.29, 1.82) is 0 Å². The molecule has 1 heterocycles. The van der Waals surface area contributed by atoms with Crippen LogP contribution in [0.25, 0.3) is 0 Å². The quantitative estimate of drug-likeness (QED) is 0.603. The van der Waals surface area contributed by atoms with E-state index >= 15 is 0 Å². The Morgan fingerprint density at radius 3 is 2.46 bits per heavy atom. The molecular weight excluding hydrogens is 345 g/mol. The van der Waals surface area contributed by atoms with Crippen molar-refractivity contribution >= 4 is 22.2 Å². The average molecular weight is 364 g/mol. The van der Waals surface area contributed by atoms with Crippen molar-refractivity contribution in [3.05, 3.63) is 33.9 Å². The molecule has 0 aliphatic carbocycles. The van der Waals surface area contributed by atoms with Gasteiger partial charge in [0, 0.05) is 35.7 Å². The van der Waals surface area contributed by atoms with Gasteiger partial charge in [0.05, 0.1) is 15.2 Å². The predicted molar refractivity (Wildman–Crippen MR) is 86.6 cm³/mol. The third-order valence-corrected chi connectivity index (χ3v) is 6.86. The van der Waals surface area contributed by atoms with Crippen LogP contribution in [-0.4, -0.2) is 32.7 Å². The van der Waals surface area contributed by atoms with Crippen LogP contribution in [0.15, 0.2) is 18.2 Å². The number of alkyl halides is 3. The molecule has 0 saturated carbocycles. The van der Waals surface area contributed by atoms with Crippen molar-refractivity contribution < 1.29 is 22.3 Å². The Labute approximate surface area is 140 Å². The summed E-state index contributed by atoms with van der Waals surface area (Å²) in [6.07, 6.45) is -3.36. The Morgan fingerprint density at radius 2 is 1.96 bits per heavy atom. The van der Waals surface area contributed by atoms with Crippen LogP contribution in [0.5, 0.6) is 0 Å². The van der Waals surface area contributed by atoms with Gasteiger partial charge in [0.15, 0.2) is 0 Å². The molecule has 0 bridgehead atoms. The van der Waals surface area contributed by atoms with E-state index < -0.39 is 37.9 Å². The fourth-order valence-corrected chi connectivity index (χ4v) is 4.79. The summed E-state index contributed by atoms with van der Waals surface area (Å²) < 4.78 is 50.3. The van der Waals surface area contributed by atoms with Gasteiger partial charge >= 0.3 is 6.18 Å². The maximum atomic E-state index is 12.8. The van der Waals surface area contributed by atoms with Crippen LogP contribution in [0.2, 0.25) is 0 Å². The second kappa shape index (κ2) is 6.70. The normalized spacial score (nSPS) is 20.9. The van der Waals surface area contributed by atoms with E-state index in [4.69, 9.17) is 0 Å². The highest BCUT2D eigenvalue weighted by molar-refractivity contribution is 7.86. The lowest BCUT2D eigenvalue weighted by molar-refractivity contribution is -0.384. The number of nitro groups is 1. The van der Waals surface area contributed by atoms with Crippen LogP contribution in [0, 0.1) is 10.1 Å². The van der Waals surface area contributed by atoms with Gasteiger partial charge in [0.1, 0.15) is 5.69 Å². The Hall–Kier alpha value is -1.64. The standard InChI is InChI=1S/C15H19F3N2O3S/c1-3-14(4-2)10-19(7-8-24(14)23)12-6-5-11(15(16,17)18)9-13(12)20(21)22/h5-6,9H,3-4,7-8,10H2,1-2H3. The van der Waals surface area contributed by atoms with Gasteiger partial charge in [-0.15, -0.1) is 0 Å². The highest BCUT2D eigenvalue weighted by atomic mass is 32.2. The molecule has 1 unspecified atom stereocenters. The number of nitro benzene ring substituents is 1. The van der Waals surface area contributed by atoms with E-state index in [0.29, 0.717) is 37.8 Å². The smallest absolute Gasteiger partial charge is 0.364 e. The molecule has 2 rings (SSSR count). The van der Waals surface area contributed by atoms with E-state index in [1.165, 1.54) is 0 Å². The zero-order chi connectivity index (χ0) is 18.1. The van der Waals surface area contributed by atoms with Gasteiger partial charge in [0.25, 0.3) is 5.69 Å². The summed E-state index contributed by atoms with van der Waals surface area (Å²) in [6, 6.07) is 2.57. The number of hydrogen-bond acceptors (Lipinski definition) is 4. The first kappa shape index (κ1) is 18.7. The highest BCUT2D eigenvalue weighted by Gasteiger charge is 2.41. The Kier molecular flexibility index (Phi) is 5.22. The molecule has 1 aliphatic rings. The van der Waals surface area contributed by atoms with Crippen LogP contribution in [-0.2, 0) is 17.0 Å².